The third kappa shape index (κ3) is 4.85. The summed E-state index contributed by atoms with van der Waals surface area (Å²) in [6, 6.07) is 11.1. The molecular weight excluding hydrogens is 254 g/mol. The van der Waals surface area contributed by atoms with Gasteiger partial charge in [-0.15, -0.1) is 0 Å². The van der Waals surface area contributed by atoms with Gasteiger partial charge in [-0.3, -0.25) is 0 Å². The van der Waals surface area contributed by atoms with Crippen LogP contribution in [0.1, 0.15) is 58.4 Å². The number of hydrogen-bond acceptors (Lipinski definition) is 1. The minimum absolute atomic E-state index is 0.734. The van der Waals surface area contributed by atoms with E-state index in [-0.39, 0.29) is 0 Å². The summed E-state index contributed by atoms with van der Waals surface area (Å²) in [5.74, 6) is 3.19. The van der Waals surface area contributed by atoms with E-state index in [0.717, 1.165) is 23.7 Å². The van der Waals surface area contributed by atoms with Crippen molar-refractivity contribution in [2.45, 2.75) is 52.9 Å². The highest BCUT2D eigenvalue weighted by Crippen LogP contribution is 2.37. The van der Waals surface area contributed by atoms with Gasteiger partial charge in [-0.1, -0.05) is 70.9 Å². The summed E-state index contributed by atoms with van der Waals surface area (Å²) in [7, 11) is 0. The van der Waals surface area contributed by atoms with Gasteiger partial charge < -0.3 is 4.90 Å². The first-order valence-electron chi connectivity index (χ1n) is 8.85. The lowest BCUT2D eigenvalue weighted by Crippen LogP contribution is -2.50. The Morgan fingerprint density at radius 1 is 1.00 bits per heavy atom. The van der Waals surface area contributed by atoms with Gasteiger partial charge in [-0.25, -0.2) is 0 Å². The van der Waals surface area contributed by atoms with Crippen LogP contribution in [-0.4, -0.2) is 24.5 Å². The molecule has 1 aliphatic rings. The lowest BCUT2D eigenvalue weighted by molar-refractivity contribution is 0.0661. The van der Waals surface area contributed by atoms with Gasteiger partial charge in [0.05, 0.1) is 0 Å². The average molecular weight is 287 g/mol. The van der Waals surface area contributed by atoms with Gasteiger partial charge in [0.25, 0.3) is 0 Å². The summed E-state index contributed by atoms with van der Waals surface area (Å²) in [5, 5.41) is 0. The molecular formula is C20H33N. The molecule has 0 saturated carbocycles. The third-order valence-corrected chi connectivity index (χ3v) is 4.90. The zero-order valence-electron chi connectivity index (χ0n) is 14.4. The number of likely N-dealkylation sites (tertiary alicyclic amines) is 1. The van der Waals surface area contributed by atoms with Gasteiger partial charge >= 0.3 is 0 Å². The summed E-state index contributed by atoms with van der Waals surface area (Å²) in [6.07, 6.45) is 4.16. The highest BCUT2D eigenvalue weighted by Gasteiger charge is 2.35. The average Bonchev–Trinajstić information content (AvgIpc) is 2.40. The van der Waals surface area contributed by atoms with E-state index in [2.05, 4.69) is 62.9 Å². The largest absolute Gasteiger partial charge is 0.303 e. The number of nitrogens with zero attached hydrogens (tertiary/aromatic N) is 1. The van der Waals surface area contributed by atoms with Crippen molar-refractivity contribution in [3.8, 4) is 0 Å². The normalized spacial score (nSPS) is 18.2. The van der Waals surface area contributed by atoms with Crippen molar-refractivity contribution < 1.29 is 0 Å². The molecule has 2 rings (SSSR count). The molecule has 1 heteroatoms. The minimum atomic E-state index is 0.734. The highest BCUT2D eigenvalue weighted by atomic mass is 15.2. The first-order valence-corrected chi connectivity index (χ1v) is 8.85. The van der Waals surface area contributed by atoms with Crippen molar-refractivity contribution in [3.63, 3.8) is 0 Å². The molecule has 1 aliphatic heterocycles. The quantitative estimate of drug-likeness (QED) is 0.595. The van der Waals surface area contributed by atoms with E-state index in [4.69, 9.17) is 0 Å². The maximum absolute atomic E-state index is 2.66. The molecule has 1 aromatic rings. The molecule has 1 aromatic carbocycles. The van der Waals surface area contributed by atoms with E-state index in [1.54, 1.807) is 0 Å². The summed E-state index contributed by atoms with van der Waals surface area (Å²) >= 11 is 0. The lowest BCUT2D eigenvalue weighted by atomic mass is 9.74. The van der Waals surface area contributed by atoms with Gasteiger partial charge in [0, 0.05) is 13.1 Å². The third-order valence-electron chi connectivity index (χ3n) is 4.90. The van der Waals surface area contributed by atoms with Crippen LogP contribution in [0.5, 0.6) is 0 Å². The molecule has 0 radical (unpaired) electrons. The molecule has 118 valence electrons. The number of hydrogen-bond donors (Lipinski definition) is 0. The summed E-state index contributed by atoms with van der Waals surface area (Å²) in [5.41, 5.74) is 1.54. The zero-order valence-corrected chi connectivity index (χ0v) is 14.4. The molecule has 1 fully saturated rings. The monoisotopic (exact) mass is 287 g/mol. The van der Waals surface area contributed by atoms with E-state index in [9.17, 15) is 0 Å². The summed E-state index contributed by atoms with van der Waals surface area (Å²) in [4.78, 5) is 2.66. The number of rotatable bonds is 8. The van der Waals surface area contributed by atoms with Crippen LogP contribution in [0.2, 0.25) is 0 Å². The number of benzene rings is 1. The van der Waals surface area contributed by atoms with Crippen LogP contribution in [0.3, 0.4) is 0 Å². The van der Waals surface area contributed by atoms with Crippen molar-refractivity contribution in [2.75, 3.05) is 19.6 Å². The Bertz CT molecular complexity index is 390. The van der Waals surface area contributed by atoms with E-state index >= 15 is 0 Å². The van der Waals surface area contributed by atoms with Gasteiger partial charge in [0.1, 0.15) is 0 Å². The van der Waals surface area contributed by atoms with E-state index in [0.29, 0.717) is 0 Å². The second kappa shape index (κ2) is 7.98. The molecule has 1 nitrogen and oxygen atoms in total. The van der Waals surface area contributed by atoms with Crippen LogP contribution >= 0.6 is 0 Å². The molecule has 0 spiro atoms. The first kappa shape index (κ1) is 16.5. The van der Waals surface area contributed by atoms with E-state index in [1.165, 1.54) is 44.5 Å². The lowest BCUT2D eigenvalue weighted by Gasteiger charge is -2.45. The van der Waals surface area contributed by atoms with E-state index < -0.39 is 0 Å². The Hall–Kier alpha value is -0.820. The van der Waals surface area contributed by atoms with Crippen LogP contribution in [0.25, 0.3) is 0 Å². The Labute approximate surface area is 131 Å². The Morgan fingerprint density at radius 2 is 1.67 bits per heavy atom. The molecule has 21 heavy (non-hydrogen) atoms. The molecule has 0 aromatic heterocycles. The maximum Gasteiger partial charge on any atom is 0.00280 e. The highest BCUT2D eigenvalue weighted by molar-refractivity contribution is 5.22. The topological polar surface area (TPSA) is 3.24 Å². The molecule has 1 saturated heterocycles. The van der Waals surface area contributed by atoms with Crippen molar-refractivity contribution in [3.05, 3.63) is 35.9 Å². The summed E-state index contributed by atoms with van der Waals surface area (Å²) in [6.45, 7) is 13.3. The zero-order chi connectivity index (χ0) is 15.2. The van der Waals surface area contributed by atoms with Crippen LogP contribution in [-0.2, 0) is 0 Å². The smallest absolute Gasteiger partial charge is 0.00280 e. The van der Waals surface area contributed by atoms with Crippen LogP contribution < -0.4 is 0 Å². The molecule has 0 unspecified atom stereocenters. The second-order valence-corrected chi connectivity index (χ2v) is 7.59. The van der Waals surface area contributed by atoms with Gasteiger partial charge in [0.2, 0.25) is 0 Å². The molecule has 1 heterocycles. The molecule has 1 atom stereocenters. The fraction of sp³-hybridized carbons (Fsp3) is 0.700. The molecule has 0 N–H and O–H groups in total. The number of unbranched alkanes of at least 4 members (excludes halogenated alkanes) is 1. The van der Waals surface area contributed by atoms with Gasteiger partial charge in [-0.2, -0.15) is 0 Å². The van der Waals surface area contributed by atoms with Crippen LogP contribution in [0, 0.1) is 17.8 Å². The van der Waals surface area contributed by atoms with Crippen molar-refractivity contribution in [1.82, 2.24) is 4.90 Å². The first-order chi connectivity index (χ1) is 10.1. The predicted octanol–water partition coefficient (Wildman–Crippen LogP) is 5.18. The van der Waals surface area contributed by atoms with Gasteiger partial charge in [0.15, 0.2) is 0 Å². The predicted molar refractivity (Wildman–Crippen MR) is 92.6 cm³/mol. The van der Waals surface area contributed by atoms with Crippen LogP contribution in [0.4, 0.5) is 0 Å². The minimum Gasteiger partial charge on any atom is -0.303 e. The van der Waals surface area contributed by atoms with Crippen molar-refractivity contribution in [1.29, 1.82) is 0 Å². The molecule has 0 bridgehead atoms. The SMILES string of the molecule is CC(C)CCCCN1CC([C@@H](c2ccccc2)C(C)C)C1. The maximum atomic E-state index is 2.66. The Balaban J connectivity index is 1.76. The standard InChI is InChI=1S/C20H33N/c1-16(2)10-8-9-13-21-14-19(15-21)20(17(3)4)18-11-6-5-7-12-18/h5-7,11-12,16-17,19-20H,8-10,13-15H2,1-4H3/t20-/m1/s1. The molecule has 0 amide bonds. The van der Waals surface area contributed by atoms with Gasteiger partial charge in [-0.05, 0) is 42.2 Å². The Kier molecular flexibility index (Phi) is 6.29. The fourth-order valence-corrected chi connectivity index (χ4v) is 3.78. The fourth-order valence-electron chi connectivity index (χ4n) is 3.78. The van der Waals surface area contributed by atoms with E-state index in [1.807, 2.05) is 0 Å². The summed E-state index contributed by atoms with van der Waals surface area (Å²) < 4.78 is 0. The van der Waals surface area contributed by atoms with Crippen LogP contribution in [0.15, 0.2) is 30.3 Å². The van der Waals surface area contributed by atoms with Crippen molar-refractivity contribution in [2.24, 2.45) is 17.8 Å². The Morgan fingerprint density at radius 3 is 2.24 bits per heavy atom. The second-order valence-electron chi connectivity index (χ2n) is 7.59. The molecule has 0 aliphatic carbocycles. The van der Waals surface area contributed by atoms with Crippen molar-refractivity contribution >= 4 is 0 Å².